The summed E-state index contributed by atoms with van der Waals surface area (Å²) in [5, 5.41) is 4.16. The molecular weight excluding hydrogens is 440 g/mol. The highest BCUT2D eigenvalue weighted by atomic mass is 19.1. The number of carbonyl (C=O) groups is 1. The molecule has 2 aromatic rings. The van der Waals surface area contributed by atoms with Crippen LogP contribution in [0.15, 0.2) is 24.7 Å². The van der Waals surface area contributed by atoms with Gasteiger partial charge in [-0.3, -0.25) is 9.67 Å². The van der Waals surface area contributed by atoms with Crippen LogP contribution in [-0.2, 0) is 17.5 Å². The van der Waals surface area contributed by atoms with Gasteiger partial charge in [-0.15, -0.1) is 0 Å². The summed E-state index contributed by atoms with van der Waals surface area (Å²) < 4.78 is 36.9. The number of nitrogens with zero attached hydrogens (tertiary/aromatic N) is 5. The summed E-state index contributed by atoms with van der Waals surface area (Å²) in [7, 11) is 1.78. The van der Waals surface area contributed by atoms with Gasteiger partial charge in [-0.2, -0.15) is 5.10 Å². The van der Waals surface area contributed by atoms with Crippen LogP contribution in [0.2, 0.25) is 0 Å². The zero-order valence-corrected chi connectivity index (χ0v) is 20.0. The van der Waals surface area contributed by atoms with Gasteiger partial charge >= 0.3 is 6.09 Å². The third-order valence-corrected chi connectivity index (χ3v) is 7.84. The highest BCUT2D eigenvalue weighted by Gasteiger charge is 2.50. The number of halogens is 2. The molecule has 1 saturated carbocycles. The highest BCUT2D eigenvalue weighted by Crippen LogP contribution is 2.49. The van der Waals surface area contributed by atoms with Crippen molar-refractivity contribution >= 4 is 6.09 Å². The minimum Gasteiger partial charge on any atom is -0.450 e. The number of pyridine rings is 1. The Hall–Kier alpha value is -2.55. The molecule has 1 spiro atoms. The summed E-state index contributed by atoms with van der Waals surface area (Å²) in [5.74, 6) is 0.0997. The molecule has 2 saturated heterocycles. The van der Waals surface area contributed by atoms with Gasteiger partial charge in [0.15, 0.2) is 5.67 Å². The van der Waals surface area contributed by atoms with Crippen LogP contribution < -0.4 is 0 Å². The predicted octanol–water partition coefficient (Wildman–Crippen LogP) is 4.14. The largest absolute Gasteiger partial charge is 0.450 e. The molecule has 0 unspecified atom stereocenters. The first-order valence-corrected chi connectivity index (χ1v) is 12.3. The van der Waals surface area contributed by atoms with E-state index in [1.165, 1.54) is 6.07 Å². The van der Waals surface area contributed by atoms with Crippen LogP contribution in [0.25, 0.3) is 11.1 Å². The van der Waals surface area contributed by atoms with E-state index in [-0.39, 0.29) is 11.5 Å². The van der Waals surface area contributed by atoms with Crippen LogP contribution in [0.3, 0.4) is 0 Å². The number of hydrogen-bond donors (Lipinski definition) is 0. The lowest BCUT2D eigenvalue weighted by atomic mass is 9.77. The predicted molar refractivity (Wildman–Crippen MR) is 123 cm³/mol. The molecule has 0 radical (unpaired) electrons. The van der Waals surface area contributed by atoms with Gasteiger partial charge in [-0.25, -0.2) is 13.6 Å². The number of carbonyl (C=O) groups excluding carboxylic acids is 1. The molecule has 184 valence electrons. The average molecular weight is 474 g/mol. The summed E-state index contributed by atoms with van der Waals surface area (Å²) in [6, 6.07) is 1.36. The third-order valence-electron chi connectivity index (χ3n) is 7.84. The van der Waals surface area contributed by atoms with Gasteiger partial charge in [0.1, 0.15) is 5.82 Å². The maximum atomic E-state index is 16.2. The number of hydrogen-bond acceptors (Lipinski definition) is 5. The second-order valence-corrected chi connectivity index (χ2v) is 10.4. The Balaban J connectivity index is 1.18. The molecule has 1 amide bonds. The molecule has 2 aliphatic heterocycles. The summed E-state index contributed by atoms with van der Waals surface area (Å²) >= 11 is 0. The average Bonchev–Trinajstić information content (AvgIpc) is 3.41. The summed E-state index contributed by atoms with van der Waals surface area (Å²) in [4.78, 5) is 20.3. The fraction of sp³-hybridized carbons (Fsp3) is 0.640. The van der Waals surface area contributed by atoms with Gasteiger partial charge in [-0.05, 0) is 51.0 Å². The molecule has 3 fully saturated rings. The molecule has 5 rings (SSSR count). The number of amides is 1. The van der Waals surface area contributed by atoms with Gasteiger partial charge < -0.3 is 14.5 Å². The lowest BCUT2D eigenvalue weighted by Gasteiger charge is -2.47. The first-order valence-electron chi connectivity index (χ1n) is 12.3. The van der Waals surface area contributed by atoms with Crippen molar-refractivity contribution in [3.63, 3.8) is 0 Å². The molecule has 4 heterocycles. The normalized spacial score (nSPS) is 23.8. The van der Waals surface area contributed by atoms with E-state index in [2.05, 4.69) is 15.0 Å². The lowest BCUT2D eigenvalue weighted by Crippen LogP contribution is -2.57. The fourth-order valence-corrected chi connectivity index (χ4v) is 6.15. The summed E-state index contributed by atoms with van der Waals surface area (Å²) in [6.45, 7) is 6.10. The first-order chi connectivity index (χ1) is 16.3. The first kappa shape index (κ1) is 23.2. The van der Waals surface area contributed by atoms with Crippen molar-refractivity contribution < 1.29 is 18.3 Å². The van der Waals surface area contributed by atoms with E-state index < -0.39 is 11.5 Å². The quantitative estimate of drug-likeness (QED) is 0.653. The smallest absolute Gasteiger partial charge is 0.409 e. The maximum absolute atomic E-state index is 16.2. The molecule has 0 aromatic carbocycles. The SMILES string of the molecule is CCOC(=O)N1CC2(CC[C@@H](CN3CCC(F)(c4ncc(F)cc4-c4cnn(C)c4)CC3)C2)C1. The van der Waals surface area contributed by atoms with Crippen LogP contribution in [0, 0.1) is 17.2 Å². The molecule has 7 nitrogen and oxygen atoms in total. The Bertz CT molecular complexity index is 1040. The minimum atomic E-state index is -1.58. The second-order valence-electron chi connectivity index (χ2n) is 10.4. The molecule has 1 aliphatic carbocycles. The number of aryl methyl sites for hydroxylation is 1. The number of likely N-dealkylation sites (tertiary alicyclic amines) is 2. The van der Waals surface area contributed by atoms with Crippen LogP contribution in [0.5, 0.6) is 0 Å². The van der Waals surface area contributed by atoms with Gasteiger partial charge in [0.2, 0.25) is 0 Å². The van der Waals surface area contributed by atoms with E-state index >= 15 is 4.39 Å². The summed E-state index contributed by atoms with van der Waals surface area (Å²) in [6.07, 6.45) is 8.38. The van der Waals surface area contributed by atoms with E-state index in [0.717, 1.165) is 45.1 Å². The Kier molecular flexibility index (Phi) is 6.08. The fourth-order valence-electron chi connectivity index (χ4n) is 6.15. The molecule has 0 bridgehead atoms. The van der Waals surface area contributed by atoms with Crippen molar-refractivity contribution in [3.8, 4) is 11.1 Å². The van der Waals surface area contributed by atoms with Gasteiger partial charge in [0.05, 0.1) is 24.7 Å². The highest BCUT2D eigenvalue weighted by molar-refractivity contribution is 5.69. The van der Waals surface area contributed by atoms with E-state index in [0.29, 0.717) is 55.3 Å². The number of alkyl halides is 1. The van der Waals surface area contributed by atoms with E-state index in [1.807, 2.05) is 6.92 Å². The summed E-state index contributed by atoms with van der Waals surface area (Å²) in [5.41, 5.74) is 0.138. The van der Waals surface area contributed by atoms with Crippen LogP contribution in [-0.4, -0.2) is 70.0 Å². The lowest BCUT2D eigenvalue weighted by molar-refractivity contribution is -0.00269. The molecule has 9 heteroatoms. The number of piperidine rings is 1. The van der Waals surface area contributed by atoms with Crippen molar-refractivity contribution in [2.24, 2.45) is 18.4 Å². The standard InChI is InChI=1S/C25H33F2N5O2/c1-3-34-23(33)32-16-24(17-32)5-4-18(11-24)14-31-8-6-25(27,7-9-31)22-21(10-20(26)13-28-22)19-12-29-30(2)15-19/h10,12-13,15,18H,3-9,11,14,16-17H2,1-2H3/t18-/m1/s1. The van der Waals surface area contributed by atoms with Crippen molar-refractivity contribution in [1.29, 1.82) is 0 Å². The topological polar surface area (TPSA) is 63.5 Å². The van der Waals surface area contributed by atoms with E-state index in [1.54, 1.807) is 29.0 Å². The monoisotopic (exact) mass is 473 g/mol. The molecule has 2 aromatic heterocycles. The van der Waals surface area contributed by atoms with Crippen LogP contribution >= 0.6 is 0 Å². The van der Waals surface area contributed by atoms with Crippen LogP contribution in [0.1, 0.15) is 44.7 Å². The molecular formula is C25H33F2N5O2. The van der Waals surface area contributed by atoms with Gasteiger partial charge in [0.25, 0.3) is 0 Å². The molecule has 0 N–H and O–H groups in total. The molecule has 34 heavy (non-hydrogen) atoms. The van der Waals surface area contributed by atoms with E-state index in [4.69, 9.17) is 4.74 Å². The van der Waals surface area contributed by atoms with Crippen molar-refractivity contribution in [1.82, 2.24) is 24.6 Å². The van der Waals surface area contributed by atoms with Gasteiger partial charge in [0, 0.05) is 62.5 Å². The number of aromatic nitrogens is 3. The Morgan fingerprint density at radius 3 is 2.68 bits per heavy atom. The van der Waals surface area contributed by atoms with E-state index in [9.17, 15) is 9.18 Å². The van der Waals surface area contributed by atoms with Crippen molar-refractivity contribution in [3.05, 3.63) is 36.2 Å². The second kappa shape index (κ2) is 8.91. The Morgan fingerprint density at radius 2 is 2.00 bits per heavy atom. The van der Waals surface area contributed by atoms with Crippen molar-refractivity contribution in [2.75, 3.05) is 39.3 Å². The third kappa shape index (κ3) is 4.42. The number of ether oxygens (including phenoxy) is 1. The Labute approximate surface area is 199 Å². The molecule has 1 atom stereocenters. The van der Waals surface area contributed by atoms with Crippen molar-refractivity contribution in [2.45, 2.75) is 44.7 Å². The number of rotatable bonds is 5. The minimum absolute atomic E-state index is 0.202. The molecule has 3 aliphatic rings. The van der Waals surface area contributed by atoms with Crippen LogP contribution in [0.4, 0.5) is 13.6 Å². The zero-order chi connectivity index (χ0) is 23.9. The zero-order valence-electron chi connectivity index (χ0n) is 20.0. The van der Waals surface area contributed by atoms with Gasteiger partial charge in [-0.1, -0.05) is 0 Å². The Morgan fingerprint density at radius 1 is 1.24 bits per heavy atom. The maximum Gasteiger partial charge on any atom is 0.409 e.